The number of aromatic hydroxyl groups is 1. The number of rotatable bonds is 4. The van der Waals surface area contributed by atoms with E-state index in [0.29, 0.717) is 25.0 Å². The van der Waals surface area contributed by atoms with Gasteiger partial charge in [-0.25, -0.2) is 0 Å². The second-order valence-electron chi connectivity index (χ2n) is 12.5. The first-order valence-electron chi connectivity index (χ1n) is 11.4. The summed E-state index contributed by atoms with van der Waals surface area (Å²) in [6.45, 7) is 20.4. The van der Waals surface area contributed by atoms with Crippen molar-refractivity contribution in [2.45, 2.75) is 123 Å². The summed E-state index contributed by atoms with van der Waals surface area (Å²) in [6, 6.07) is 4.04. The molecule has 1 aliphatic rings. The fourth-order valence-electron chi connectivity index (χ4n) is 4.74. The van der Waals surface area contributed by atoms with E-state index in [0.717, 1.165) is 16.7 Å². The lowest BCUT2D eigenvalue weighted by atomic mass is 9.78. The largest absolute Gasteiger partial charge is 0.507 e. The second kappa shape index (κ2) is 8.40. The van der Waals surface area contributed by atoms with Gasteiger partial charge in [0, 0.05) is 30.3 Å². The highest BCUT2D eigenvalue weighted by molar-refractivity contribution is 5.70. The molecule has 0 bridgehead atoms. The van der Waals surface area contributed by atoms with Crippen LogP contribution in [0.3, 0.4) is 0 Å². The molecule has 1 heterocycles. The van der Waals surface area contributed by atoms with Gasteiger partial charge in [-0.05, 0) is 61.6 Å². The van der Waals surface area contributed by atoms with Crippen LogP contribution in [0.1, 0.15) is 105 Å². The molecule has 1 aromatic rings. The van der Waals surface area contributed by atoms with Gasteiger partial charge in [0.05, 0.1) is 0 Å². The topological polar surface area (TPSA) is 70.0 Å². The molecule has 1 fully saturated rings. The van der Waals surface area contributed by atoms with Crippen molar-refractivity contribution in [2.75, 3.05) is 0 Å². The lowest BCUT2D eigenvalue weighted by Gasteiger charge is -2.50. The maximum atomic E-state index is 12.7. The normalized spacial score (nSPS) is 20.0. The van der Waals surface area contributed by atoms with Gasteiger partial charge in [-0.3, -0.25) is 4.79 Å². The third-order valence-corrected chi connectivity index (χ3v) is 6.30. The number of ether oxygens (including phenoxy) is 1. The smallest absolute Gasteiger partial charge is 0.306 e. The zero-order chi connectivity index (χ0) is 24.0. The van der Waals surface area contributed by atoms with E-state index in [1.54, 1.807) is 0 Å². The summed E-state index contributed by atoms with van der Waals surface area (Å²) in [5, 5.41) is 22.7. The standard InChI is InChI=1S/C26H43NO4/c1-23(2,3)19-13-17(14-20(22(19)29)24(4,5)6)11-12-21(28)31-18-15-25(7,8)27(30)26(9,10)16-18/h13-14,18,29-30H,11-12,15-16H2,1-10H3. The number of aryl methyl sites for hydroxylation is 1. The average molecular weight is 434 g/mol. The fraction of sp³-hybridized carbons (Fsp3) is 0.731. The van der Waals surface area contributed by atoms with Gasteiger partial charge in [0.25, 0.3) is 0 Å². The quantitative estimate of drug-likeness (QED) is 0.581. The third-order valence-electron chi connectivity index (χ3n) is 6.30. The Morgan fingerprint density at radius 2 is 1.42 bits per heavy atom. The highest BCUT2D eigenvalue weighted by atomic mass is 16.5. The van der Waals surface area contributed by atoms with Crippen LogP contribution in [0.15, 0.2) is 12.1 Å². The minimum absolute atomic E-state index is 0.198. The zero-order valence-electron chi connectivity index (χ0n) is 21.2. The van der Waals surface area contributed by atoms with Crippen LogP contribution in [0.25, 0.3) is 0 Å². The Hall–Kier alpha value is -1.59. The Balaban J connectivity index is 2.15. The van der Waals surface area contributed by atoms with Gasteiger partial charge in [0.15, 0.2) is 0 Å². The molecule has 2 N–H and O–H groups in total. The van der Waals surface area contributed by atoms with Crippen LogP contribution in [0.2, 0.25) is 0 Å². The summed E-state index contributed by atoms with van der Waals surface area (Å²) < 4.78 is 5.83. The SMILES string of the molecule is CC(C)(C)c1cc(CCC(=O)OC2CC(C)(C)N(O)C(C)(C)C2)cc(C(C)(C)C)c1O. The molecule has 1 aliphatic heterocycles. The fourth-order valence-corrected chi connectivity index (χ4v) is 4.74. The Kier molecular flexibility index (Phi) is 6.96. The Morgan fingerprint density at radius 3 is 1.81 bits per heavy atom. The van der Waals surface area contributed by atoms with Crippen LogP contribution in [0.5, 0.6) is 5.75 Å². The van der Waals surface area contributed by atoms with E-state index in [1.165, 1.54) is 5.06 Å². The first kappa shape index (κ1) is 25.7. The molecule has 176 valence electrons. The number of carbonyl (C=O) groups is 1. The van der Waals surface area contributed by atoms with Gasteiger partial charge >= 0.3 is 5.97 Å². The predicted molar refractivity (Wildman–Crippen MR) is 125 cm³/mol. The van der Waals surface area contributed by atoms with E-state index >= 15 is 0 Å². The molecule has 0 unspecified atom stereocenters. The van der Waals surface area contributed by atoms with Crippen LogP contribution in [-0.2, 0) is 26.8 Å². The number of phenols is 1. The molecule has 1 saturated heterocycles. The van der Waals surface area contributed by atoms with Crippen molar-refractivity contribution >= 4 is 5.97 Å². The highest BCUT2D eigenvalue weighted by Gasteiger charge is 2.46. The number of esters is 1. The maximum absolute atomic E-state index is 12.7. The maximum Gasteiger partial charge on any atom is 0.306 e. The summed E-state index contributed by atoms with van der Waals surface area (Å²) in [5.74, 6) is 0.136. The Labute approximate surface area is 188 Å². The predicted octanol–water partition coefficient (Wildman–Crippen LogP) is 5.87. The van der Waals surface area contributed by atoms with E-state index in [-0.39, 0.29) is 29.3 Å². The van der Waals surface area contributed by atoms with Crippen molar-refractivity contribution in [3.05, 3.63) is 28.8 Å². The number of hydrogen-bond acceptors (Lipinski definition) is 5. The van der Waals surface area contributed by atoms with Gasteiger partial charge in [-0.15, -0.1) is 0 Å². The highest BCUT2D eigenvalue weighted by Crippen LogP contribution is 2.40. The molecule has 0 aliphatic carbocycles. The lowest BCUT2D eigenvalue weighted by Crippen LogP contribution is -2.60. The van der Waals surface area contributed by atoms with Crippen LogP contribution in [0, 0.1) is 0 Å². The van der Waals surface area contributed by atoms with E-state index in [2.05, 4.69) is 41.5 Å². The first-order valence-corrected chi connectivity index (χ1v) is 11.4. The van der Waals surface area contributed by atoms with Crippen molar-refractivity contribution in [2.24, 2.45) is 0 Å². The molecular weight excluding hydrogens is 390 g/mol. The van der Waals surface area contributed by atoms with E-state index in [4.69, 9.17) is 4.74 Å². The van der Waals surface area contributed by atoms with E-state index < -0.39 is 11.1 Å². The van der Waals surface area contributed by atoms with Crippen LogP contribution in [-0.4, -0.2) is 38.5 Å². The van der Waals surface area contributed by atoms with Gasteiger partial charge in [-0.1, -0.05) is 53.7 Å². The summed E-state index contributed by atoms with van der Waals surface area (Å²) in [4.78, 5) is 12.7. The molecule has 0 atom stereocenters. The summed E-state index contributed by atoms with van der Waals surface area (Å²) in [5.41, 5.74) is 1.55. The Morgan fingerprint density at radius 1 is 1.00 bits per heavy atom. The summed E-state index contributed by atoms with van der Waals surface area (Å²) in [7, 11) is 0. The average Bonchev–Trinajstić information content (AvgIpc) is 2.56. The number of piperidine rings is 1. The van der Waals surface area contributed by atoms with E-state index in [1.807, 2.05) is 39.8 Å². The second-order valence-corrected chi connectivity index (χ2v) is 12.5. The molecule has 0 spiro atoms. The molecule has 31 heavy (non-hydrogen) atoms. The number of phenolic OH excluding ortho intramolecular Hbond substituents is 1. The van der Waals surface area contributed by atoms with Crippen molar-refractivity contribution < 1.29 is 19.8 Å². The number of nitrogens with zero attached hydrogens (tertiary/aromatic N) is 1. The molecular formula is C26H43NO4. The van der Waals surface area contributed by atoms with Crippen molar-refractivity contribution in [1.29, 1.82) is 0 Å². The number of hydroxylamine groups is 2. The minimum atomic E-state index is -0.452. The monoisotopic (exact) mass is 433 g/mol. The van der Waals surface area contributed by atoms with Gasteiger partial charge in [-0.2, -0.15) is 5.06 Å². The summed E-state index contributed by atoms with van der Waals surface area (Å²) in [6.07, 6.45) is 1.84. The molecule has 2 rings (SSSR count). The van der Waals surface area contributed by atoms with Gasteiger partial charge < -0.3 is 15.1 Å². The lowest BCUT2D eigenvalue weighted by molar-refractivity contribution is -0.259. The van der Waals surface area contributed by atoms with Crippen molar-refractivity contribution in [3.63, 3.8) is 0 Å². The van der Waals surface area contributed by atoms with Crippen molar-refractivity contribution in [1.82, 2.24) is 5.06 Å². The summed E-state index contributed by atoms with van der Waals surface area (Å²) >= 11 is 0. The van der Waals surface area contributed by atoms with Crippen molar-refractivity contribution in [3.8, 4) is 5.75 Å². The molecule has 5 nitrogen and oxygen atoms in total. The molecule has 0 aromatic heterocycles. The third kappa shape index (κ3) is 6.01. The minimum Gasteiger partial charge on any atom is -0.507 e. The zero-order valence-corrected chi connectivity index (χ0v) is 21.2. The molecule has 0 amide bonds. The number of carbonyl (C=O) groups excluding carboxylic acids is 1. The molecule has 0 radical (unpaired) electrons. The van der Waals surface area contributed by atoms with Crippen LogP contribution >= 0.6 is 0 Å². The number of benzene rings is 1. The van der Waals surface area contributed by atoms with Crippen LogP contribution < -0.4 is 0 Å². The molecule has 5 heteroatoms. The van der Waals surface area contributed by atoms with E-state index in [9.17, 15) is 15.1 Å². The molecule has 0 saturated carbocycles. The van der Waals surface area contributed by atoms with Crippen LogP contribution in [0.4, 0.5) is 0 Å². The van der Waals surface area contributed by atoms with Gasteiger partial charge in [0.2, 0.25) is 0 Å². The Bertz CT molecular complexity index is 759. The van der Waals surface area contributed by atoms with Gasteiger partial charge in [0.1, 0.15) is 11.9 Å². The first-order chi connectivity index (χ1) is 13.8. The molecule has 1 aromatic carbocycles. The number of hydrogen-bond donors (Lipinski definition) is 2.